The topological polar surface area (TPSA) is 38.9 Å². The molecule has 1 unspecified atom stereocenters. The molecule has 2 rings (SSSR count). The third kappa shape index (κ3) is 2.79. The van der Waals surface area contributed by atoms with E-state index in [9.17, 15) is 4.39 Å². The highest BCUT2D eigenvalue weighted by molar-refractivity contribution is 9.10. The van der Waals surface area contributed by atoms with Gasteiger partial charge in [-0.15, -0.1) is 11.3 Å². The Labute approximate surface area is 118 Å². The van der Waals surface area contributed by atoms with Gasteiger partial charge in [0.1, 0.15) is 10.8 Å². The zero-order valence-corrected chi connectivity index (χ0v) is 12.6. The molecule has 1 atom stereocenters. The summed E-state index contributed by atoms with van der Waals surface area (Å²) < 4.78 is 14.1. The molecule has 2 aromatic rings. The molecule has 0 saturated heterocycles. The van der Waals surface area contributed by atoms with Gasteiger partial charge < -0.3 is 5.73 Å². The van der Waals surface area contributed by atoms with Gasteiger partial charge in [-0.3, -0.25) is 0 Å². The van der Waals surface area contributed by atoms with E-state index in [4.69, 9.17) is 5.73 Å². The van der Waals surface area contributed by atoms with Crippen molar-refractivity contribution in [2.24, 2.45) is 5.73 Å². The molecule has 2 N–H and O–H groups in total. The zero-order valence-electron chi connectivity index (χ0n) is 10.2. The molecule has 1 aromatic heterocycles. The van der Waals surface area contributed by atoms with Gasteiger partial charge in [-0.05, 0) is 29.7 Å². The second-order valence-electron chi connectivity index (χ2n) is 4.41. The minimum atomic E-state index is -0.396. The standard InChI is InChI=1S/C13H14BrFN2S/c1-7(2)11-6-18-13(17-11)12(16)9-5-8(15)3-4-10(9)14/h3-7,12H,16H2,1-2H3. The number of aromatic nitrogens is 1. The molecule has 0 amide bonds. The summed E-state index contributed by atoms with van der Waals surface area (Å²) in [6.45, 7) is 4.17. The lowest BCUT2D eigenvalue weighted by Crippen LogP contribution is -2.12. The Morgan fingerprint density at radius 1 is 1.39 bits per heavy atom. The lowest BCUT2D eigenvalue weighted by molar-refractivity contribution is 0.622. The largest absolute Gasteiger partial charge is 0.318 e. The molecule has 5 heteroatoms. The average Bonchev–Trinajstić information content (AvgIpc) is 2.81. The first kappa shape index (κ1) is 13.6. The van der Waals surface area contributed by atoms with Crippen molar-refractivity contribution in [1.29, 1.82) is 0 Å². The highest BCUT2D eigenvalue weighted by Crippen LogP contribution is 2.30. The molecule has 0 aliphatic rings. The number of nitrogens with zero attached hydrogens (tertiary/aromatic N) is 1. The molecule has 0 aliphatic heterocycles. The van der Waals surface area contributed by atoms with Gasteiger partial charge in [-0.2, -0.15) is 0 Å². The number of benzene rings is 1. The Balaban J connectivity index is 2.34. The van der Waals surface area contributed by atoms with E-state index in [1.165, 1.54) is 23.5 Å². The summed E-state index contributed by atoms with van der Waals surface area (Å²) in [6.07, 6.45) is 0. The first-order chi connectivity index (χ1) is 8.49. The van der Waals surface area contributed by atoms with Crippen LogP contribution in [0.5, 0.6) is 0 Å². The fraction of sp³-hybridized carbons (Fsp3) is 0.308. The van der Waals surface area contributed by atoms with Gasteiger partial charge in [0.25, 0.3) is 0 Å². The molecule has 2 nitrogen and oxygen atoms in total. The summed E-state index contributed by atoms with van der Waals surface area (Å²) in [5.74, 6) is 0.0856. The summed E-state index contributed by atoms with van der Waals surface area (Å²) in [7, 11) is 0. The van der Waals surface area contributed by atoms with Gasteiger partial charge >= 0.3 is 0 Å². The van der Waals surface area contributed by atoms with E-state index >= 15 is 0 Å². The first-order valence-corrected chi connectivity index (χ1v) is 7.32. The van der Waals surface area contributed by atoms with Gasteiger partial charge in [-0.1, -0.05) is 29.8 Å². The molecule has 0 fully saturated rings. The Bertz CT molecular complexity index is 554. The summed E-state index contributed by atoms with van der Waals surface area (Å²) in [5, 5.41) is 2.82. The molecule has 0 aliphatic carbocycles. The van der Waals surface area contributed by atoms with Crippen molar-refractivity contribution >= 4 is 27.3 Å². The van der Waals surface area contributed by atoms with Gasteiger partial charge in [0.2, 0.25) is 0 Å². The van der Waals surface area contributed by atoms with Crippen LogP contribution < -0.4 is 5.73 Å². The van der Waals surface area contributed by atoms with E-state index in [0.29, 0.717) is 5.92 Å². The average molecular weight is 329 g/mol. The van der Waals surface area contributed by atoms with Crippen molar-refractivity contribution in [2.75, 3.05) is 0 Å². The van der Waals surface area contributed by atoms with Gasteiger partial charge in [0.05, 0.1) is 11.7 Å². The van der Waals surface area contributed by atoms with E-state index in [0.717, 1.165) is 20.7 Å². The van der Waals surface area contributed by atoms with Crippen LogP contribution in [0.2, 0.25) is 0 Å². The SMILES string of the molecule is CC(C)c1csc(C(N)c2cc(F)ccc2Br)n1. The molecule has 0 bridgehead atoms. The minimum absolute atomic E-state index is 0.288. The molecule has 1 aromatic carbocycles. The highest BCUT2D eigenvalue weighted by Gasteiger charge is 2.17. The van der Waals surface area contributed by atoms with Crippen LogP contribution in [-0.4, -0.2) is 4.98 Å². The quantitative estimate of drug-likeness (QED) is 0.916. The number of rotatable bonds is 3. The van der Waals surface area contributed by atoms with Crippen molar-refractivity contribution in [2.45, 2.75) is 25.8 Å². The fourth-order valence-electron chi connectivity index (χ4n) is 1.59. The second kappa shape index (κ2) is 5.47. The Kier molecular flexibility index (Phi) is 4.14. The van der Waals surface area contributed by atoms with Crippen LogP contribution in [0.4, 0.5) is 4.39 Å². The summed E-state index contributed by atoms with van der Waals surface area (Å²) in [4.78, 5) is 4.51. The summed E-state index contributed by atoms with van der Waals surface area (Å²) >= 11 is 4.91. The molecular formula is C13H14BrFN2S. The fourth-order valence-corrected chi connectivity index (χ4v) is 3.09. The lowest BCUT2D eigenvalue weighted by atomic mass is 10.1. The third-order valence-electron chi connectivity index (χ3n) is 2.69. The monoisotopic (exact) mass is 328 g/mol. The number of thiazole rings is 1. The van der Waals surface area contributed by atoms with Crippen molar-refractivity contribution in [3.8, 4) is 0 Å². The van der Waals surface area contributed by atoms with E-state index in [1.54, 1.807) is 6.07 Å². The maximum Gasteiger partial charge on any atom is 0.123 e. The minimum Gasteiger partial charge on any atom is -0.318 e. The van der Waals surface area contributed by atoms with Crippen molar-refractivity contribution in [1.82, 2.24) is 4.98 Å². The summed E-state index contributed by atoms with van der Waals surface area (Å²) in [5.41, 5.74) is 7.90. The smallest absolute Gasteiger partial charge is 0.123 e. The van der Waals surface area contributed by atoms with Crippen molar-refractivity contribution in [3.63, 3.8) is 0 Å². The molecule has 1 heterocycles. The number of hydrogen-bond donors (Lipinski definition) is 1. The second-order valence-corrected chi connectivity index (χ2v) is 6.15. The van der Waals surface area contributed by atoms with E-state index < -0.39 is 6.04 Å². The number of hydrogen-bond acceptors (Lipinski definition) is 3. The number of halogens is 2. The Hall–Kier alpha value is -0.780. The van der Waals surface area contributed by atoms with E-state index in [2.05, 4.69) is 34.8 Å². The third-order valence-corrected chi connectivity index (χ3v) is 4.36. The van der Waals surface area contributed by atoms with Gasteiger partial charge in [-0.25, -0.2) is 9.37 Å². The molecule has 0 saturated carbocycles. The summed E-state index contributed by atoms with van der Waals surface area (Å²) in [6, 6.07) is 4.13. The van der Waals surface area contributed by atoms with Crippen LogP contribution in [0.25, 0.3) is 0 Å². The normalized spacial score (nSPS) is 13.0. The van der Waals surface area contributed by atoms with Crippen LogP contribution in [0, 0.1) is 5.82 Å². The van der Waals surface area contributed by atoms with Crippen LogP contribution >= 0.6 is 27.3 Å². The van der Waals surface area contributed by atoms with Crippen molar-refractivity contribution in [3.05, 3.63) is 50.1 Å². The van der Waals surface area contributed by atoms with Crippen LogP contribution in [-0.2, 0) is 0 Å². The van der Waals surface area contributed by atoms with Crippen LogP contribution in [0.15, 0.2) is 28.1 Å². The number of nitrogens with two attached hydrogens (primary N) is 1. The lowest BCUT2D eigenvalue weighted by Gasteiger charge is -2.11. The highest BCUT2D eigenvalue weighted by atomic mass is 79.9. The predicted molar refractivity (Wildman–Crippen MR) is 76.3 cm³/mol. The van der Waals surface area contributed by atoms with E-state index in [1.807, 2.05) is 5.38 Å². The molecule has 18 heavy (non-hydrogen) atoms. The van der Waals surface area contributed by atoms with Crippen LogP contribution in [0.1, 0.15) is 42.1 Å². The molecule has 96 valence electrons. The maximum absolute atomic E-state index is 13.3. The molecule has 0 spiro atoms. The van der Waals surface area contributed by atoms with Crippen molar-refractivity contribution < 1.29 is 4.39 Å². The van der Waals surface area contributed by atoms with Gasteiger partial charge in [0.15, 0.2) is 0 Å². The van der Waals surface area contributed by atoms with Gasteiger partial charge in [0, 0.05) is 9.85 Å². The molecule has 0 radical (unpaired) electrons. The van der Waals surface area contributed by atoms with E-state index in [-0.39, 0.29) is 5.82 Å². The zero-order chi connectivity index (χ0) is 13.3. The maximum atomic E-state index is 13.3. The Morgan fingerprint density at radius 2 is 2.11 bits per heavy atom. The van der Waals surface area contributed by atoms with Crippen LogP contribution in [0.3, 0.4) is 0 Å². The molecular weight excluding hydrogens is 315 g/mol. The Morgan fingerprint density at radius 3 is 2.72 bits per heavy atom. The predicted octanol–water partition coefficient (Wildman–Crippen LogP) is 4.22. The first-order valence-electron chi connectivity index (χ1n) is 5.65.